The maximum Gasteiger partial charge on any atom is 0.301 e. The van der Waals surface area contributed by atoms with Gasteiger partial charge in [0.15, 0.2) is 4.34 Å². The minimum atomic E-state index is -0.951. The van der Waals surface area contributed by atoms with Crippen LogP contribution in [0.2, 0.25) is 5.02 Å². The second-order valence-corrected chi connectivity index (χ2v) is 11.0. The number of carbonyl (C=O) groups is 2. The molecule has 5 rings (SSSR count). The van der Waals surface area contributed by atoms with Gasteiger partial charge in [-0.25, -0.2) is 0 Å². The summed E-state index contributed by atoms with van der Waals surface area (Å²) in [6.07, 6.45) is 4.62. The van der Waals surface area contributed by atoms with E-state index in [4.69, 9.17) is 16.3 Å². The third-order valence-electron chi connectivity index (χ3n) is 5.82. The van der Waals surface area contributed by atoms with E-state index >= 15 is 0 Å². The monoisotopic (exact) mass is 576 g/mol. The number of hydrogen-bond donors (Lipinski definition) is 1. The molecule has 1 aliphatic rings. The molecule has 1 N–H and O–H groups in total. The molecule has 1 saturated heterocycles. The summed E-state index contributed by atoms with van der Waals surface area (Å²) in [7, 11) is 0. The number of carbonyl (C=O) groups excluding carboxylic acids is 2. The van der Waals surface area contributed by atoms with E-state index in [0.29, 0.717) is 32.0 Å². The summed E-state index contributed by atoms with van der Waals surface area (Å²) in [5.74, 6) is -0.782. The van der Waals surface area contributed by atoms with Gasteiger partial charge in [-0.2, -0.15) is 0 Å². The lowest BCUT2D eigenvalue weighted by molar-refractivity contribution is -0.132. The van der Waals surface area contributed by atoms with Gasteiger partial charge in [0, 0.05) is 28.7 Å². The molecule has 1 atom stereocenters. The van der Waals surface area contributed by atoms with E-state index in [1.807, 2.05) is 24.3 Å². The first-order valence-corrected chi connectivity index (χ1v) is 13.9. The Hall–Kier alpha value is -3.99. The van der Waals surface area contributed by atoms with Crippen LogP contribution in [0, 0.1) is 0 Å². The van der Waals surface area contributed by atoms with E-state index in [-0.39, 0.29) is 23.1 Å². The van der Waals surface area contributed by atoms with Crippen molar-refractivity contribution in [3.05, 3.63) is 113 Å². The topological polar surface area (TPSA) is 106 Å². The summed E-state index contributed by atoms with van der Waals surface area (Å²) in [4.78, 5) is 32.0. The molecule has 0 saturated carbocycles. The molecule has 2 aromatic heterocycles. The van der Waals surface area contributed by atoms with Crippen LogP contribution in [0.1, 0.15) is 22.7 Å². The highest BCUT2D eigenvalue weighted by Crippen LogP contribution is 2.44. The average Bonchev–Trinajstić information content (AvgIpc) is 3.53. The van der Waals surface area contributed by atoms with Crippen molar-refractivity contribution in [2.75, 3.05) is 11.5 Å². The number of nitrogens with zero attached hydrogens (tertiary/aromatic N) is 4. The number of benzene rings is 2. The summed E-state index contributed by atoms with van der Waals surface area (Å²) in [5, 5.41) is 20.6. The number of pyridine rings is 1. The first-order chi connectivity index (χ1) is 19.0. The van der Waals surface area contributed by atoms with Crippen molar-refractivity contribution in [3.63, 3.8) is 0 Å². The number of aromatic nitrogens is 3. The molecule has 11 heteroatoms. The molecular formula is C28H21ClN4O4S2. The van der Waals surface area contributed by atoms with Gasteiger partial charge in [0.1, 0.15) is 18.1 Å². The Morgan fingerprint density at radius 1 is 1.13 bits per heavy atom. The number of ether oxygens (including phenoxy) is 1. The van der Waals surface area contributed by atoms with Crippen LogP contribution >= 0.6 is 34.7 Å². The molecule has 0 radical (unpaired) electrons. The number of hydrogen-bond acceptors (Lipinski definition) is 9. The molecule has 1 aliphatic heterocycles. The number of thioether (sulfide) groups is 1. The van der Waals surface area contributed by atoms with Crippen LogP contribution in [0.4, 0.5) is 5.13 Å². The normalized spacial score (nSPS) is 16.4. The zero-order valence-electron chi connectivity index (χ0n) is 20.4. The molecule has 1 unspecified atom stereocenters. The Balaban J connectivity index is 1.54. The number of Topliss-reactive ketones (excluding diaryl/α,β-unsaturated/α-hetero) is 1. The van der Waals surface area contributed by atoms with E-state index in [9.17, 15) is 14.7 Å². The summed E-state index contributed by atoms with van der Waals surface area (Å²) in [6.45, 7) is 3.95. The van der Waals surface area contributed by atoms with Crippen LogP contribution in [0.15, 0.2) is 95.6 Å². The van der Waals surface area contributed by atoms with Crippen molar-refractivity contribution in [1.82, 2.24) is 15.2 Å². The number of rotatable bonds is 9. The second-order valence-electron chi connectivity index (χ2n) is 8.34. The smallest absolute Gasteiger partial charge is 0.301 e. The maximum absolute atomic E-state index is 13.4. The number of halogens is 1. The fourth-order valence-corrected chi connectivity index (χ4v) is 5.97. The lowest BCUT2D eigenvalue weighted by Crippen LogP contribution is -2.29. The first-order valence-electron chi connectivity index (χ1n) is 11.7. The van der Waals surface area contributed by atoms with E-state index in [0.717, 1.165) is 5.56 Å². The first kappa shape index (κ1) is 26.6. The van der Waals surface area contributed by atoms with Gasteiger partial charge in [0.25, 0.3) is 5.78 Å². The van der Waals surface area contributed by atoms with Crippen LogP contribution in [0.5, 0.6) is 5.75 Å². The van der Waals surface area contributed by atoms with Crippen molar-refractivity contribution < 1.29 is 19.4 Å². The highest BCUT2D eigenvalue weighted by Gasteiger charge is 2.48. The molecule has 4 aromatic rings. The predicted molar refractivity (Wildman–Crippen MR) is 152 cm³/mol. The average molecular weight is 577 g/mol. The molecular weight excluding hydrogens is 556 g/mol. The van der Waals surface area contributed by atoms with Gasteiger partial charge in [-0.05, 0) is 47.5 Å². The summed E-state index contributed by atoms with van der Waals surface area (Å²) in [6, 6.07) is 16.7. The summed E-state index contributed by atoms with van der Waals surface area (Å²) >= 11 is 8.62. The van der Waals surface area contributed by atoms with Gasteiger partial charge >= 0.3 is 5.91 Å². The molecule has 196 valence electrons. The predicted octanol–water partition coefficient (Wildman–Crippen LogP) is 6.07. The molecule has 0 aliphatic carbocycles. The maximum atomic E-state index is 13.4. The number of amides is 1. The number of anilines is 1. The van der Waals surface area contributed by atoms with Gasteiger partial charge < -0.3 is 9.84 Å². The summed E-state index contributed by atoms with van der Waals surface area (Å²) in [5.41, 5.74) is 1.92. The fraction of sp³-hybridized carbons (Fsp3) is 0.107. The van der Waals surface area contributed by atoms with Crippen molar-refractivity contribution in [3.8, 4) is 5.75 Å². The third-order valence-corrected chi connectivity index (χ3v) is 8.20. The fourth-order valence-electron chi connectivity index (χ4n) is 4.02. The van der Waals surface area contributed by atoms with Crippen LogP contribution in [-0.2, 0) is 15.3 Å². The largest absolute Gasteiger partial charge is 0.507 e. The Morgan fingerprint density at radius 2 is 1.90 bits per heavy atom. The van der Waals surface area contributed by atoms with Crippen LogP contribution in [0.25, 0.3) is 5.76 Å². The van der Waals surface area contributed by atoms with Gasteiger partial charge in [-0.15, -0.1) is 10.2 Å². The Kier molecular flexibility index (Phi) is 8.06. The van der Waals surface area contributed by atoms with Crippen molar-refractivity contribution in [2.24, 2.45) is 0 Å². The minimum absolute atomic E-state index is 0.0577. The SMILES string of the molecule is C=CCOc1cccc(C2C(=C(O)c3ccncc3)C(=O)C(=O)N2c2nnc(SCc3ccc(Cl)cc3)s2)c1. The van der Waals surface area contributed by atoms with Gasteiger partial charge in [0.05, 0.1) is 11.6 Å². The molecule has 3 heterocycles. The number of aliphatic hydroxyl groups excluding tert-OH is 1. The molecule has 1 amide bonds. The van der Waals surface area contributed by atoms with Crippen molar-refractivity contribution in [1.29, 1.82) is 0 Å². The van der Waals surface area contributed by atoms with E-state index < -0.39 is 17.7 Å². The number of ketones is 1. The van der Waals surface area contributed by atoms with Crippen LogP contribution in [0.3, 0.4) is 0 Å². The van der Waals surface area contributed by atoms with E-state index in [1.54, 1.807) is 42.5 Å². The third kappa shape index (κ3) is 5.73. The molecule has 1 fully saturated rings. The highest BCUT2D eigenvalue weighted by atomic mass is 35.5. The van der Waals surface area contributed by atoms with Crippen molar-refractivity contribution >= 4 is 57.3 Å². The zero-order valence-corrected chi connectivity index (χ0v) is 22.7. The second kappa shape index (κ2) is 11.8. The quantitative estimate of drug-likeness (QED) is 0.0639. The molecule has 8 nitrogen and oxygen atoms in total. The molecule has 0 spiro atoms. The Bertz CT molecular complexity index is 1560. The lowest BCUT2D eigenvalue weighted by atomic mass is 9.95. The van der Waals surface area contributed by atoms with Crippen molar-refractivity contribution in [2.45, 2.75) is 16.1 Å². The minimum Gasteiger partial charge on any atom is -0.507 e. The Morgan fingerprint density at radius 3 is 2.64 bits per heavy atom. The van der Waals surface area contributed by atoms with Gasteiger partial charge in [-0.1, -0.05) is 71.6 Å². The molecule has 0 bridgehead atoms. The highest BCUT2D eigenvalue weighted by molar-refractivity contribution is 8.00. The van der Waals surface area contributed by atoms with E-state index in [1.165, 1.54) is 40.4 Å². The van der Waals surface area contributed by atoms with Gasteiger partial charge in [0.2, 0.25) is 5.13 Å². The van der Waals surface area contributed by atoms with E-state index in [2.05, 4.69) is 21.8 Å². The standard InChI is InChI=1S/C28H21ClN4O4S2/c1-2-14-37-21-5-3-4-19(15-21)23-22(24(34)18-10-12-30-13-11-18)25(35)26(36)33(23)27-31-32-28(39-27)38-16-17-6-8-20(29)9-7-17/h2-13,15,23,34H,1,14,16H2. The van der Waals surface area contributed by atoms with Crippen LogP contribution < -0.4 is 9.64 Å². The Labute approximate surface area is 237 Å². The van der Waals surface area contributed by atoms with Gasteiger partial charge in [-0.3, -0.25) is 19.5 Å². The number of aliphatic hydroxyl groups is 1. The van der Waals surface area contributed by atoms with Crippen LogP contribution in [-0.4, -0.2) is 38.6 Å². The zero-order chi connectivity index (χ0) is 27.4. The molecule has 2 aromatic carbocycles. The molecule has 39 heavy (non-hydrogen) atoms. The lowest BCUT2D eigenvalue weighted by Gasteiger charge is -2.23. The summed E-state index contributed by atoms with van der Waals surface area (Å²) < 4.78 is 6.31.